The maximum absolute atomic E-state index is 4.44. The van der Waals surface area contributed by atoms with E-state index in [0.29, 0.717) is 6.04 Å². The number of nitrogens with zero attached hydrogens (tertiary/aromatic N) is 2. The molecule has 0 aliphatic carbocycles. The molecule has 0 aliphatic rings. The van der Waals surface area contributed by atoms with Gasteiger partial charge in [-0.3, -0.25) is 4.68 Å². The maximum atomic E-state index is 4.44. The van der Waals surface area contributed by atoms with Crippen molar-refractivity contribution in [3.8, 4) is 0 Å². The van der Waals surface area contributed by atoms with Gasteiger partial charge in [0.2, 0.25) is 0 Å². The molecule has 0 aliphatic heterocycles. The molecular formula is C17H25N3. The van der Waals surface area contributed by atoms with Crippen molar-refractivity contribution in [2.24, 2.45) is 7.05 Å². The van der Waals surface area contributed by atoms with Crippen LogP contribution in [-0.2, 0) is 19.9 Å². The van der Waals surface area contributed by atoms with Crippen LogP contribution in [0.15, 0.2) is 36.4 Å². The van der Waals surface area contributed by atoms with Gasteiger partial charge < -0.3 is 5.32 Å². The summed E-state index contributed by atoms with van der Waals surface area (Å²) in [7, 11) is 2.03. The smallest absolute Gasteiger partial charge is 0.0596 e. The zero-order valence-electron chi connectivity index (χ0n) is 12.8. The molecule has 0 radical (unpaired) electrons. The molecule has 1 aromatic carbocycles. The van der Waals surface area contributed by atoms with Crippen LogP contribution >= 0.6 is 0 Å². The van der Waals surface area contributed by atoms with Crippen molar-refractivity contribution in [2.45, 2.75) is 39.2 Å². The van der Waals surface area contributed by atoms with Gasteiger partial charge in [-0.15, -0.1) is 0 Å². The summed E-state index contributed by atoms with van der Waals surface area (Å²) in [5.41, 5.74) is 3.78. The summed E-state index contributed by atoms with van der Waals surface area (Å²) < 4.78 is 2.00. The Hall–Kier alpha value is -1.61. The Labute approximate surface area is 122 Å². The van der Waals surface area contributed by atoms with Gasteiger partial charge in [0.1, 0.15) is 0 Å². The van der Waals surface area contributed by atoms with Crippen LogP contribution in [0.25, 0.3) is 0 Å². The van der Waals surface area contributed by atoms with Crippen LogP contribution in [-0.4, -0.2) is 22.4 Å². The number of hydrogen-bond donors (Lipinski definition) is 1. The van der Waals surface area contributed by atoms with E-state index >= 15 is 0 Å². The highest BCUT2D eigenvalue weighted by atomic mass is 15.3. The lowest BCUT2D eigenvalue weighted by Gasteiger charge is -2.18. The average molecular weight is 271 g/mol. The first-order chi connectivity index (χ1) is 9.69. The quantitative estimate of drug-likeness (QED) is 0.839. The van der Waals surface area contributed by atoms with Gasteiger partial charge in [-0.25, -0.2) is 0 Å². The molecule has 0 saturated heterocycles. The molecule has 1 atom stereocenters. The van der Waals surface area contributed by atoms with Crippen molar-refractivity contribution in [3.63, 3.8) is 0 Å². The first-order valence-corrected chi connectivity index (χ1v) is 7.46. The predicted molar refractivity (Wildman–Crippen MR) is 83.9 cm³/mol. The van der Waals surface area contributed by atoms with E-state index in [1.807, 2.05) is 11.7 Å². The summed E-state index contributed by atoms with van der Waals surface area (Å²) in [5, 5.41) is 8.10. The summed E-state index contributed by atoms with van der Waals surface area (Å²) in [6.45, 7) is 5.32. The molecule has 0 bridgehead atoms. The molecule has 1 heterocycles. The number of aromatic nitrogens is 2. The third-order valence-corrected chi connectivity index (χ3v) is 3.56. The molecule has 0 saturated carbocycles. The standard InChI is InChI=1S/C17H25N3/c1-4-10-18-16(12-15-8-6-5-7-9-15)13-17-11-14(2)19-20(17)3/h5-9,11,16,18H,4,10,12-13H2,1-3H3. The van der Waals surface area contributed by atoms with Crippen LogP contribution in [0.2, 0.25) is 0 Å². The van der Waals surface area contributed by atoms with E-state index in [9.17, 15) is 0 Å². The van der Waals surface area contributed by atoms with Gasteiger partial charge in [-0.05, 0) is 37.9 Å². The van der Waals surface area contributed by atoms with Gasteiger partial charge in [0.25, 0.3) is 0 Å². The summed E-state index contributed by atoms with van der Waals surface area (Å²) >= 11 is 0. The van der Waals surface area contributed by atoms with Gasteiger partial charge in [0.05, 0.1) is 5.69 Å². The van der Waals surface area contributed by atoms with Gasteiger partial charge in [0, 0.05) is 25.2 Å². The minimum atomic E-state index is 0.465. The van der Waals surface area contributed by atoms with E-state index in [1.165, 1.54) is 11.3 Å². The second-order valence-corrected chi connectivity index (χ2v) is 5.45. The number of nitrogens with one attached hydrogen (secondary N) is 1. The summed E-state index contributed by atoms with van der Waals surface area (Å²) in [6.07, 6.45) is 3.24. The molecule has 20 heavy (non-hydrogen) atoms. The van der Waals surface area contributed by atoms with Crippen molar-refractivity contribution >= 4 is 0 Å². The van der Waals surface area contributed by atoms with Crippen LogP contribution < -0.4 is 5.32 Å². The molecule has 108 valence electrons. The topological polar surface area (TPSA) is 29.9 Å². The third-order valence-electron chi connectivity index (χ3n) is 3.56. The molecule has 3 nitrogen and oxygen atoms in total. The van der Waals surface area contributed by atoms with Crippen molar-refractivity contribution in [2.75, 3.05) is 6.54 Å². The van der Waals surface area contributed by atoms with Crippen LogP contribution in [0, 0.1) is 6.92 Å². The zero-order valence-corrected chi connectivity index (χ0v) is 12.8. The van der Waals surface area contributed by atoms with E-state index in [1.54, 1.807) is 0 Å². The number of rotatable bonds is 7. The lowest BCUT2D eigenvalue weighted by atomic mass is 10.0. The van der Waals surface area contributed by atoms with Gasteiger partial charge >= 0.3 is 0 Å². The monoisotopic (exact) mass is 271 g/mol. The minimum Gasteiger partial charge on any atom is -0.313 e. The zero-order chi connectivity index (χ0) is 14.4. The molecule has 2 aromatic rings. The van der Waals surface area contributed by atoms with E-state index < -0.39 is 0 Å². The predicted octanol–water partition coefficient (Wildman–Crippen LogP) is 2.88. The van der Waals surface area contributed by atoms with Crippen molar-refractivity contribution in [3.05, 3.63) is 53.3 Å². The van der Waals surface area contributed by atoms with Crippen LogP contribution in [0.3, 0.4) is 0 Å². The summed E-state index contributed by atoms with van der Waals surface area (Å²) in [5.74, 6) is 0. The first kappa shape index (κ1) is 14.8. The second-order valence-electron chi connectivity index (χ2n) is 5.45. The molecule has 2 rings (SSSR count). The highest BCUT2D eigenvalue weighted by Crippen LogP contribution is 2.10. The lowest BCUT2D eigenvalue weighted by molar-refractivity contribution is 0.490. The van der Waals surface area contributed by atoms with Crippen LogP contribution in [0.4, 0.5) is 0 Å². The SMILES string of the molecule is CCCNC(Cc1ccccc1)Cc1cc(C)nn1C. The average Bonchev–Trinajstić information content (AvgIpc) is 2.75. The van der Waals surface area contributed by atoms with E-state index in [-0.39, 0.29) is 0 Å². The Bertz CT molecular complexity index is 516. The molecular weight excluding hydrogens is 246 g/mol. The Kier molecular flexibility index (Phi) is 5.36. The molecule has 1 unspecified atom stereocenters. The highest BCUT2D eigenvalue weighted by Gasteiger charge is 2.12. The Morgan fingerprint density at radius 1 is 1.20 bits per heavy atom. The molecule has 1 aromatic heterocycles. The second kappa shape index (κ2) is 7.25. The van der Waals surface area contributed by atoms with E-state index in [0.717, 1.165) is 31.5 Å². The molecule has 0 amide bonds. The lowest BCUT2D eigenvalue weighted by Crippen LogP contribution is -2.34. The van der Waals surface area contributed by atoms with Crippen molar-refractivity contribution in [1.29, 1.82) is 0 Å². The Morgan fingerprint density at radius 2 is 1.95 bits per heavy atom. The van der Waals surface area contributed by atoms with Crippen molar-refractivity contribution in [1.82, 2.24) is 15.1 Å². The van der Waals surface area contributed by atoms with Gasteiger partial charge in [0.15, 0.2) is 0 Å². The maximum Gasteiger partial charge on any atom is 0.0596 e. The summed E-state index contributed by atoms with van der Waals surface area (Å²) in [4.78, 5) is 0. The number of hydrogen-bond acceptors (Lipinski definition) is 2. The van der Waals surface area contributed by atoms with Gasteiger partial charge in [-0.2, -0.15) is 5.10 Å². The largest absolute Gasteiger partial charge is 0.313 e. The minimum absolute atomic E-state index is 0.465. The Balaban J connectivity index is 2.05. The molecule has 0 fully saturated rings. The normalized spacial score (nSPS) is 12.6. The van der Waals surface area contributed by atoms with Crippen molar-refractivity contribution < 1.29 is 0 Å². The molecule has 0 spiro atoms. The molecule has 3 heteroatoms. The van der Waals surface area contributed by atoms with E-state index in [2.05, 4.69) is 60.7 Å². The number of aryl methyl sites for hydroxylation is 2. The highest BCUT2D eigenvalue weighted by molar-refractivity contribution is 5.17. The van der Waals surface area contributed by atoms with Crippen LogP contribution in [0.5, 0.6) is 0 Å². The Morgan fingerprint density at radius 3 is 2.55 bits per heavy atom. The first-order valence-electron chi connectivity index (χ1n) is 7.46. The fraction of sp³-hybridized carbons (Fsp3) is 0.471. The van der Waals surface area contributed by atoms with Crippen LogP contribution in [0.1, 0.15) is 30.3 Å². The van der Waals surface area contributed by atoms with E-state index in [4.69, 9.17) is 0 Å². The van der Waals surface area contributed by atoms with Gasteiger partial charge in [-0.1, -0.05) is 37.3 Å². The fourth-order valence-electron chi connectivity index (χ4n) is 2.57. The third kappa shape index (κ3) is 4.20. The fourth-order valence-corrected chi connectivity index (χ4v) is 2.57. The number of benzene rings is 1. The summed E-state index contributed by atoms with van der Waals surface area (Å²) in [6, 6.07) is 13.4. The molecule has 1 N–H and O–H groups in total.